The highest BCUT2D eigenvalue weighted by Gasteiger charge is 2.28. The highest BCUT2D eigenvalue weighted by atomic mass is 32.2. The van der Waals surface area contributed by atoms with E-state index in [0.717, 1.165) is 10.6 Å². The molecule has 1 amide bonds. The topological polar surface area (TPSA) is 78.8 Å². The van der Waals surface area contributed by atoms with Crippen LogP contribution >= 0.6 is 11.8 Å². The van der Waals surface area contributed by atoms with E-state index in [1.54, 1.807) is 0 Å². The third-order valence-electron chi connectivity index (χ3n) is 3.19. The van der Waals surface area contributed by atoms with E-state index in [2.05, 4.69) is 5.32 Å². The number of hydrogen-bond donors (Lipinski definition) is 3. The lowest BCUT2D eigenvalue weighted by atomic mass is 9.99. The van der Waals surface area contributed by atoms with Gasteiger partial charge in [-0.25, -0.2) is 0 Å². The van der Waals surface area contributed by atoms with E-state index in [1.807, 2.05) is 38.1 Å². The van der Waals surface area contributed by atoms with Crippen LogP contribution in [0.25, 0.3) is 0 Å². The summed E-state index contributed by atoms with van der Waals surface area (Å²) < 4.78 is 5.35. The van der Waals surface area contributed by atoms with Crippen LogP contribution in [0.5, 0.6) is 5.75 Å². The number of carbonyl (C=O) groups is 1. The van der Waals surface area contributed by atoms with Crippen LogP contribution < -0.4 is 10.1 Å². The first-order valence-corrected chi connectivity index (χ1v) is 7.96. The monoisotopic (exact) mass is 313 g/mol. The molecule has 0 aliphatic carbocycles. The molecule has 0 unspecified atom stereocenters. The summed E-state index contributed by atoms with van der Waals surface area (Å²) in [5.41, 5.74) is -0.934. The zero-order valence-corrected chi connectivity index (χ0v) is 13.3. The van der Waals surface area contributed by atoms with Crippen LogP contribution in [0.1, 0.15) is 20.3 Å². The van der Waals surface area contributed by atoms with Gasteiger partial charge in [0.2, 0.25) is 5.91 Å². The first kappa shape index (κ1) is 17.8. The maximum atomic E-state index is 11.9. The lowest BCUT2D eigenvalue weighted by Gasteiger charge is -2.29. The molecule has 21 heavy (non-hydrogen) atoms. The molecule has 0 saturated carbocycles. The Hall–Kier alpha value is -1.24. The van der Waals surface area contributed by atoms with Gasteiger partial charge < -0.3 is 20.3 Å². The Labute approximate surface area is 129 Å². The Morgan fingerprint density at radius 2 is 1.86 bits per heavy atom. The molecular weight excluding hydrogens is 290 g/mol. The van der Waals surface area contributed by atoms with Crippen molar-refractivity contribution in [1.82, 2.24) is 5.32 Å². The molecule has 0 aliphatic heterocycles. The number of amides is 1. The molecule has 3 N–H and O–H groups in total. The third kappa shape index (κ3) is 5.57. The summed E-state index contributed by atoms with van der Waals surface area (Å²) in [5, 5.41) is 21.3. The Bertz CT molecular complexity index is 424. The fourth-order valence-corrected chi connectivity index (χ4v) is 2.42. The number of aliphatic hydroxyl groups excluding tert-OH is 2. The van der Waals surface area contributed by atoms with Gasteiger partial charge in [-0.15, -0.1) is 11.8 Å². The molecule has 0 fully saturated rings. The van der Waals surface area contributed by atoms with E-state index in [-0.39, 0.29) is 24.9 Å². The van der Waals surface area contributed by atoms with Crippen LogP contribution in [0.3, 0.4) is 0 Å². The fraction of sp³-hybridized carbons (Fsp3) is 0.533. The van der Waals surface area contributed by atoms with Crippen molar-refractivity contribution in [1.29, 1.82) is 0 Å². The van der Waals surface area contributed by atoms with Crippen molar-refractivity contribution < 1.29 is 19.7 Å². The summed E-state index contributed by atoms with van der Waals surface area (Å²) in [7, 11) is 0. The van der Waals surface area contributed by atoms with E-state index in [0.29, 0.717) is 13.0 Å². The molecule has 0 saturated heterocycles. The van der Waals surface area contributed by atoms with Crippen molar-refractivity contribution in [3.8, 4) is 5.75 Å². The molecule has 0 aliphatic rings. The van der Waals surface area contributed by atoms with Crippen molar-refractivity contribution in [3.05, 3.63) is 24.3 Å². The molecular formula is C15H23NO4S. The molecule has 0 heterocycles. The van der Waals surface area contributed by atoms with E-state index in [4.69, 9.17) is 4.74 Å². The van der Waals surface area contributed by atoms with Crippen LogP contribution in [-0.2, 0) is 4.79 Å². The molecule has 6 heteroatoms. The van der Waals surface area contributed by atoms with Crippen LogP contribution in [0.2, 0.25) is 0 Å². The number of carbonyl (C=O) groups excluding carboxylic acids is 1. The minimum absolute atomic E-state index is 0.209. The van der Waals surface area contributed by atoms with Gasteiger partial charge in [-0.2, -0.15) is 0 Å². The number of ether oxygens (including phenoxy) is 1. The zero-order valence-electron chi connectivity index (χ0n) is 12.5. The van der Waals surface area contributed by atoms with Crippen LogP contribution in [-0.4, -0.2) is 47.2 Å². The van der Waals surface area contributed by atoms with Gasteiger partial charge in [0.05, 0.1) is 31.1 Å². The quantitative estimate of drug-likeness (QED) is 0.601. The molecule has 118 valence electrons. The Balaban J connectivity index is 2.49. The largest absolute Gasteiger partial charge is 0.494 e. The van der Waals surface area contributed by atoms with Crippen LogP contribution in [0.15, 0.2) is 29.2 Å². The molecule has 1 aromatic rings. The molecule has 1 rings (SSSR count). The smallest absolute Gasteiger partial charge is 0.230 e. The number of benzene rings is 1. The maximum Gasteiger partial charge on any atom is 0.230 e. The van der Waals surface area contributed by atoms with Gasteiger partial charge >= 0.3 is 0 Å². The molecule has 0 spiro atoms. The van der Waals surface area contributed by atoms with Gasteiger partial charge in [0, 0.05) is 4.90 Å². The highest BCUT2D eigenvalue weighted by molar-refractivity contribution is 8.00. The second-order valence-electron chi connectivity index (χ2n) is 4.69. The molecule has 5 nitrogen and oxygen atoms in total. The van der Waals surface area contributed by atoms with Gasteiger partial charge in [0.1, 0.15) is 5.75 Å². The SMILES string of the molecule is CCOc1ccc(SCC(=O)NC(CC)(CO)CO)cc1. The average Bonchev–Trinajstić information content (AvgIpc) is 2.52. The number of thioether (sulfide) groups is 1. The Kier molecular flexibility index (Phi) is 7.56. The van der Waals surface area contributed by atoms with Crippen molar-refractivity contribution in [2.75, 3.05) is 25.6 Å². The van der Waals surface area contributed by atoms with Gasteiger partial charge in [-0.3, -0.25) is 4.79 Å². The Morgan fingerprint density at radius 1 is 1.24 bits per heavy atom. The molecule has 0 atom stereocenters. The van der Waals surface area contributed by atoms with Crippen molar-refractivity contribution in [2.24, 2.45) is 0 Å². The van der Waals surface area contributed by atoms with E-state index in [1.165, 1.54) is 11.8 Å². The van der Waals surface area contributed by atoms with E-state index < -0.39 is 5.54 Å². The maximum absolute atomic E-state index is 11.9. The summed E-state index contributed by atoms with van der Waals surface area (Å²) >= 11 is 1.40. The minimum atomic E-state index is -0.934. The number of hydrogen-bond acceptors (Lipinski definition) is 5. The van der Waals surface area contributed by atoms with E-state index in [9.17, 15) is 15.0 Å². The minimum Gasteiger partial charge on any atom is -0.494 e. The third-order valence-corrected chi connectivity index (χ3v) is 4.20. The predicted octanol–water partition coefficient (Wildman–Crippen LogP) is 1.43. The summed E-state index contributed by atoms with van der Waals surface area (Å²) in [6, 6.07) is 7.52. The standard InChI is InChI=1S/C15H23NO4S/c1-3-15(10-17,11-18)16-14(19)9-21-13-7-5-12(6-8-13)20-4-2/h5-8,17-18H,3-4,9-11H2,1-2H3,(H,16,19). The number of aliphatic hydroxyl groups is 2. The van der Waals surface area contributed by atoms with Crippen molar-refractivity contribution >= 4 is 17.7 Å². The second-order valence-corrected chi connectivity index (χ2v) is 5.74. The summed E-state index contributed by atoms with van der Waals surface area (Å²) in [6.07, 6.45) is 0.472. The van der Waals surface area contributed by atoms with Gasteiger partial charge in [-0.05, 0) is 37.6 Å². The van der Waals surface area contributed by atoms with Gasteiger partial charge in [0.15, 0.2) is 0 Å². The van der Waals surface area contributed by atoms with Crippen molar-refractivity contribution in [3.63, 3.8) is 0 Å². The molecule has 0 radical (unpaired) electrons. The lowest BCUT2D eigenvalue weighted by Crippen LogP contribution is -2.54. The predicted molar refractivity (Wildman–Crippen MR) is 83.7 cm³/mol. The first-order chi connectivity index (χ1) is 10.1. The lowest BCUT2D eigenvalue weighted by molar-refractivity contribution is -0.121. The normalized spacial score (nSPS) is 11.2. The Morgan fingerprint density at radius 3 is 2.33 bits per heavy atom. The summed E-state index contributed by atoms with van der Waals surface area (Å²) in [4.78, 5) is 12.9. The van der Waals surface area contributed by atoms with E-state index >= 15 is 0 Å². The van der Waals surface area contributed by atoms with Crippen molar-refractivity contribution in [2.45, 2.75) is 30.7 Å². The fourth-order valence-electron chi connectivity index (χ4n) is 1.72. The second kappa shape index (κ2) is 8.92. The first-order valence-electron chi connectivity index (χ1n) is 6.97. The van der Waals surface area contributed by atoms with Crippen LogP contribution in [0.4, 0.5) is 0 Å². The van der Waals surface area contributed by atoms with Gasteiger partial charge in [0.25, 0.3) is 0 Å². The van der Waals surface area contributed by atoms with Gasteiger partial charge in [-0.1, -0.05) is 6.92 Å². The summed E-state index contributed by atoms with van der Waals surface area (Å²) in [5.74, 6) is 0.825. The highest BCUT2D eigenvalue weighted by Crippen LogP contribution is 2.21. The molecule has 0 aromatic heterocycles. The summed E-state index contributed by atoms with van der Waals surface area (Å²) in [6.45, 7) is 3.80. The van der Waals surface area contributed by atoms with Crippen LogP contribution in [0, 0.1) is 0 Å². The number of rotatable bonds is 9. The molecule has 1 aromatic carbocycles. The number of nitrogens with one attached hydrogen (secondary N) is 1. The zero-order chi connectivity index (χ0) is 15.7. The molecule has 0 bridgehead atoms. The average molecular weight is 313 g/mol.